The highest BCUT2D eigenvalue weighted by molar-refractivity contribution is 7.48. The van der Waals surface area contributed by atoms with Gasteiger partial charge >= 0.3 is 7.82 Å². The van der Waals surface area contributed by atoms with Crippen LogP contribution in [0.4, 0.5) is 0 Å². The average Bonchev–Trinajstić information content (AvgIpc) is 3.18. The lowest BCUT2D eigenvalue weighted by Crippen LogP contribution is -2.56. The van der Waals surface area contributed by atoms with E-state index in [1.807, 2.05) is 6.92 Å². The number of ether oxygens (including phenoxy) is 1. The number of likely N-dealkylation sites (tertiary alicyclic amines) is 1. The number of likely N-dealkylation sites (N-methyl/N-ethyl adjacent to an activating group) is 1. The van der Waals surface area contributed by atoms with Gasteiger partial charge in [0.2, 0.25) is 6.23 Å². The minimum Gasteiger partial charge on any atom is -0.388 e. The molecule has 2 fully saturated rings. The zero-order valence-electron chi connectivity index (χ0n) is 23.1. The normalized spacial score (nSPS) is 27.6. The number of hydrogen-bond acceptors (Lipinski definition) is 6. The molecule has 2 aliphatic heterocycles. The molecule has 5 unspecified atom stereocenters. The Hall–Kier alpha value is -0.0100. The number of hydrogen-bond donors (Lipinski definition) is 1. The van der Waals surface area contributed by atoms with E-state index < -0.39 is 13.9 Å². The summed E-state index contributed by atoms with van der Waals surface area (Å²) in [5.41, 5.74) is 0. The van der Waals surface area contributed by atoms with Crippen molar-refractivity contribution in [1.29, 1.82) is 0 Å². The van der Waals surface area contributed by atoms with Crippen molar-refractivity contribution in [2.75, 3.05) is 33.9 Å². The first-order valence-corrected chi connectivity index (χ1v) is 16.0. The SMILES string of the molecule is CCCCCCCCCCCCCCCCOC(C)C(O)COP1(=O)OC2CCC[N+](C)(C)C2O1. The molecule has 5 atom stereocenters. The molecule has 1 N–H and O–H groups in total. The van der Waals surface area contributed by atoms with Gasteiger partial charge in [-0.25, -0.2) is 9.09 Å². The van der Waals surface area contributed by atoms with Crippen molar-refractivity contribution in [3.63, 3.8) is 0 Å². The summed E-state index contributed by atoms with van der Waals surface area (Å²) in [7, 11) is 0.464. The Labute approximate surface area is 215 Å². The molecule has 208 valence electrons. The van der Waals surface area contributed by atoms with Crippen LogP contribution in [-0.2, 0) is 22.9 Å². The number of unbranched alkanes of at least 4 members (excludes halogenated alkanes) is 13. The van der Waals surface area contributed by atoms with Crippen molar-refractivity contribution in [3.05, 3.63) is 0 Å². The molecule has 2 saturated heterocycles. The maximum Gasteiger partial charge on any atom is 0.480 e. The van der Waals surface area contributed by atoms with Crippen LogP contribution < -0.4 is 0 Å². The van der Waals surface area contributed by atoms with E-state index in [1.165, 1.54) is 77.0 Å². The first kappa shape index (κ1) is 31.2. The minimum absolute atomic E-state index is 0.121. The topological polar surface area (TPSA) is 74.2 Å². The lowest BCUT2D eigenvalue weighted by molar-refractivity contribution is -0.939. The predicted molar refractivity (Wildman–Crippen MR) is 141 cm³/mol. The Morgan fingerprint density at radius 1 is 0.914 bits per heavy atom. The summed E-state index contributed by atoms with van der Waals surface area (Å²) >= 11 is 0. The Morgan fingerprint density at radius 2 is 1.46 bits per heavy atom. The molecule has 0 aromatic rings. The molecule has 0 aromatic carbocycles. The molecule has 35 heavy (non-hydrogen) atoms. The lowest BCUT2D eigenvalue weighted by atomic mass is 10.0. The van der Waals surface area contributed by atoms with Gasteiger partial charge in [-0.3, -0.25) is 9.05 Å². The highest BCUT2D eigenvalue weighted by Crippen LogP contribution is 2.60. The molecule has 0 bridgehead atoms. The van der Waals surface area contributed by atoms with Crippen molar-refractivity contribution in [2.24, 2.45) is 0 Å². The summed E-state index contributed by atoms with van der Waals surface area (Å²) in [5, 5.41) is 10.4. The molecular formula is C27H55NO6P+. The number of nitrogens with zero attached hydrogens (tertiary/aromatic N) is 1. The van der Waals surface area contributed by atoms with E-state index in [1.54, 1.807) is 0 Å². The molecule has 0 aliphatic carbocycles. The third-order valence-electron chi connectivity index (χ3n) is 7.56. The Kier molecular flexibility index (Phi) is 14.9. The summed E-state index contributed by atoms with van der Waals surface area (Å²) in [4.78, 5) is 0. The summed E-state index contributed by atoms with van der Waals surface area (Å²) in [5.74, 6) is 0. The van der Waals surface area contributed by atoms with Crippen molar-refractivity contribution in [3.8, 4) is 0 Å². The summed E-state index contributed by atoms with van der Waals surface area (Å²) in [6, 6.07) is 0. The van der Waals surface area contributed by atoms with Gasteiger partial charge in [0.15, 0.2) is 0 Å². The highest BCUT2D eigenvalue weighted by Gasteiger charge is 2.55. The molecule has 2 aliphatic rings. The van der Waals surface area contributed by atoms with Crippen LogP contribution >= 0.6 is 7.82 Å². The van der Waals surface area contributed by atoms with Crippen LogP contribution in [0.1, 0.15) is 117 Å². The van der Waals surface area contributed by atoms with E-state index in [-0.39, 0.29) is 25.0 Å². The van der Waals surface area contributed by atoms with E-state index in [0.717, 1.165) is 32.2 Å². The van der Waals surface area contributed by atoms with Gasteiger partial charge in [-0.1, -0.05) is 90.4 Å². The van der Waals surface area contributed by atoms with Crippen molar-refractivity contribution < 1.29 is 32.5 Å². The van der Waals surface area contributed by atoms with Crippen LogP contribution in [0, 0.1) is 0 Å². The van der Waals surface area contributed by atoms with Crippen LogP contribution in [0.5, 0.6) is 0 Å². The molecule has 7 nitrogen and oxygen atoms in total. The van der Waals surface area contributed by atoms with Gasteiger partial charge in [0.05, 0.1) is 33.4 Å². The molecule has 0 aromatic heterocycles. The van der Waals surface area contributed by atoms with Crippen LogP contribution in [0.15, 0.2) is 0 Å². The number of aliphatic hydroxyl groups is 1. The zero-order valence-corrected chi connectivity index (χ0v) is 24.0. The van der Waals surface area contributed by atoms with Crippen LogP contribution in [0.2, 0.25) is 0 Å². The van der Waals surface area contributed by atoms with E-state index in [2.05, 4.69) is 21.0 Å². The van der Waals surface area contributed by atoms with Gasteiger partial charge in [0.1, 0.15) is 12.2 Å². The van der Waals surface area contributed by atoms with Crippen molar-refractivity contribution >= 4 is 7.82 Å². The second-order valence-corrected chi connectivity index (χ2v) is 12.8. The second kappa shape index (κ2) is 16.8. The number of rotatable bonds is 20. The van der Waals surface area contributed by atoms with Crippen molar-refractivity contribution in [2.45, 2.75) is 141 Å². The third kappa shape index (κ3) is 11.9. The van der Waals surface area contributed by atoms with Gasteiger partial charge in [-0.2, -0.15) is 0 Å². The number of phosphoric acid groups is 1. The zero-order chi connectivity index (χ0) is 25.6. The molecule has 0 amide bonds. The molecule has 2 rings (SSSR count). The largest absolute Gasteiger partial charge is 0.480 e. The van der Waals surface area contributed by atoms with Gasteiger partial charge < -0.3 is 14.3 Å². The predicted octanol–water partition coefficient (Wildman–Crippen LogP) is 6.97. The minimum atomic E-state index is -3.64. The standard InChI is InChI=1S/C27H55NO6P/c1-5-6-7-8-9-10-11-12-13-14-15-16-17-18-22-31-24(2)25(29)23-32-35(30)33-26-20-19-21-28(3,4)27(26)34-35/h24-27,29H,5-23H2,1-4H3/q+1. The lowest BCUT2D eigenvalue weighted by Gasteiger charge is -2.39. The quantitative estimate of drug-likeness (QED) is 0.106. The third-order valence-corrected chi connectivity index (χ3v) is 9.02. The highest BCUT2D eigenvalue weighted by atomic mass is 31.2. The molecule has 2 heterocycles. The fourth-order valence-corrected chi connectivity index (χ4v) is 6.79. The van der Waals surface area contributed by atoms with Crippen molar-refractivity contribution in [1.82, 2.24) is 0 Å². The van der Waals surface area contributed by atoms with Crippen LogP contribution in [0.25, 0.3) is 0 Å². The number of aliphatic hydroxyl groups excluding tert-OH is 1. The monoisotopic (exact) mass is 520 g/mol. The molecular weight excluding hydrogens is 465 g/mol. The van der Waals surface area contributed by atoms with Gasteiger partial charge in [-0.15, -0.1) is 0 Å². The van der Waals surface area contributed by atoms with E-state index in [0.29, 0.717) is 11.1 Å². The average molecular weight is 521 g/mol. The number of fused-ring (bicyclic) bond motifs is 1. The molecule has 0 saturated carbocycles. The summed E-state index contributed by atoms with van der Waals surface area (Å²) in [6.45, 7) is 5.55. The number of quaternary nitrogens is 1. The summed E-state index contributed by atoms with van der Waals surface area (Å²) < 4.78 is 36.1. The van der Waals surface area contributed by atoms with Crippen LogP contribution in [0.3, 0.4) is 0 Å². The fourth-order valence-electron chi connectivity index (χ4n) is 5.08. The maximum absolute atomic E-state index is 12.9. The fraction of sp³-hybridized carbons (Fsp3) is 1.00. The Balaban J connectivity index is 1.43. The first-order valence-electron chi connectivity index (χ1n) is 14.5. The smallest absolute Gasteiger partial charge is 0.388 e. The number of phosphoric ester groups is 1. The Bertz CT molecular complexity index is 604. The van der Waals surface area contributed by atoms with E-state index in [9.17, 15) is 9.67 Å². The number of piperidine rings is 1. The van der Waals surface area contributed by atoms with Gasteiger partial charge in [-0.05, 0) is 26.2 Å². The maximum atomic E-state index is 12.9. The van der Waals surface area contributed by atoms with Gasteiger partial charge in [0, 0.05) is 6.61 Å². The molecule has 8 heteroatoms. The van der Waals surface area contributed by atoms with Gasteiger partial charge in [0.25, 0.3) is 0 Å². The summed E-state index contributed by atoms with van der Waals surface area (Å²) in [6.07, 6.45) is 18.6. The van der Waals surface area contributed by atoms with E-state index in [4.69, 9.17) is 18.3 Å². The first-order chi connectivity index (χ1) is 16.8. The Morgan fingerprint density at radius 3 is 2.00 bits per heavy atom. The van der Waals surface area contributed by atoms with E-state index >= 15 is 0 Å². The molecule has 0 radical (unpaired) electrons. The molecule has 0 spiro atoms. The van der Waals surface area contributed by atoms with Crippen LogP contribution in [-0.4, -0.2) is 68.0 Å². The second-order valence-electron chi connectivity index (χ2n) is 11.3.